The van der Waals surface area contributed by atoms with Crippen LogP contribution in [0, 0.1) is 39.9 Å². The van der Waals surface area contributed by atoms with Gasteiger partial charge in [0.05, 0.1) is 59.2 Å². The van der Waals surface area contributed by atoms with E-state index < -0.39 is 212 Å². The fourth-order valence-electron chi connectivity index (χ4n) is 11.8. The summed E-state index contributed by atoms with van der Waals surface area (Å²) in [7, 11) is 0. The number of hydrogen-bond donors (Lipinski definition) is 19. The standard InChI is InChI=1S/C62H113N5O32.Gd.O/c68-34-38-47(80)51(84)55(88)59(96-38)92-25-13-5-1-9-17-66(18-10-2-6-14-26-93-60-56(89)52(85)48(81)39(35-69)97-60)42(72)29-64(32-45(76)77)23-21-63(31-44(74)75)22-24-65(33-46(78)79)30-43(73)67(19-11-3-7-15-27-94-61-57(90)53(86)49(82)40(36-70)98-61)20-12-4-8-16-28-95-62-58(91)54(87)50(83)41(37-71)99-62;;/h38-41,47-62,68-71,80-91H,1-37H2,(H,74,75)(H,76,77)(H,78,79);;/q;+3;-2/t38-,39-,40+,41+,47+,48+,49-,50-,51-,52-,53+,54+,55+,56+,57-,58-,59?,60?,61?,62?;;. The van der Waals surface area contributed by atoms with E-state index in [0.717, 1.165) is 0 Å². The van der Waals surface area contributed by atoms with Gasteiger partial charge in [-0.1, -0.05) is 51.4 Å². The summed E-state index contributed by atoms with van der Waals surface area (Å²) in [6.45, 7) is -4.28. The molecule has 4 rings (SSSR count). The molecule has 0 spiro atoms. The predicted molar refractivity (Wildman–Crippen MR) is 339 cm³/mol. The van der Waals surface area contributed by atoms with Crippen LogP contribution < -0.4 is 0 Å². The molecule has 0 aromatic rings. The van der Waals surface area contributed by atoms with Gasteiger partial charge in [-0.2, -0.15) is 0 Å². The molecule has 19 N–H and O–H groups in total. The Balaban J connectivity index is 0.0000173. The Labute approximate surface area is 618 Å². The van der Waals surface area contributed by atoms with Crippen molar-refractivity contribution < 1.29 is 204 Å². The van der Waals surface area contributed by atoms with Crippen molar-refractivity contribution in [1.82, 2.24) is 24.5 Å². The number of carbonyl (C=O) groups excluding carboxylic acids is 2. The zero-order valence-corrected chi connectivity index (χ0v) is 59.3. The quantitative estimate of drug-likeness (QED) is 0.0252. The van der Waals surface area contributed by atoms with Crippen LogP contribution in [0.25, 0.3) is 0 Å². The van der Waals surface area contributed by atoms with Gasteiger partial charge in [0.1, 0.15) is 97.7 Å². The molecule has 4 unspecified atom stereocenters. The largest absolute Gasteiger partial charge is 3.00 e. The van der Waals surface area contributed by atoms with Crippen LogP contribution in [0.1, 0.15) is 103 Å². The Kier molecular flexibility index (Phi) is 48.5. The minimum absolute atomic E-state index is 0. The van der Waals surface area contributed by atoms with Crippen LogP contribution in [-0.2, 0) is 67.3 Å². The van der Waals surface area contributed by atoms with Gasteiger partial charge in [-0.3, -0.25) is 38.7 Å². The summed E-state index contributed by atoms with van der Waals surface area (Å²) in [5, 5.41) is 190. The number of aliphatic carboxylic acids is 3. The summed E-state index contributed by atoms with van der Waals surface area (Å²) in [6, 6.07) is 0. The Hall–Kier alpha value is -2.45. The molecular weight excluding hydrogens is 1500 g/mol. The Morgan fingerprint density at radius 1 is 0.277 bits per heavy atom. The van der Waals surface area contributed by atoms with E-state index in [4.69, 9.17) is 37.9 Å². The first-order valence-electron chi connectivity index (χ1n) is 34.3. The number of carboxylic acid groups (broad SMARTS) is 3. The van der Waals surface area contributed by atoms with Crippen molar-refractivity contribution in [2.75, 3.05) is 138 Å². The molecule has 39 heteroatoms. The van der Waals surface area contributed by atoms with Crippen molar-refractivity contribution in [1.29, 1.82) is 0 Å². The van der Waals surface area contributed by atoms with Gasteiger partial charge < -0.3 is 150 Å². The summed E-state index contributed by atoms with van der Waals surface area (Å²) in [6.07, 6.45) is -20.3. The molecule has 4 aliphatic heterocycles. The van der Waals surface area contributed by atoms with Gasteiger partial charge in [-0.25, -0.2) is 0 Å². The molecular formula is C62H113GdN5O33+. The van der Waals surface area contributed by atoms with Gasteiger partial charge in [0.15, 0.2) is 25.2 Å². The SMILES string of the molecule is O=C(O)CN(CCN(CC(=O)O)CC(=O)N(CCCCCCOC1O[C@H](CO)[C@H](O)[C@@H](O)[C@@H]1O)CCCCCCOC1O[C@H](CO)[C@H](O)[C@@H](O)[C@@H]1O)CCN(CC(=O)O)CC(=O)N(CCCCCCOC1O[C@@H](CO)[C@@H](O)[C@H](O)[C@H]1O)CCCCCCOC1O[C@@H](CO)[C@@H](O)[C@H](O)[C@H]1O.[Gd+3].[O-2]. The first-order chi connectivity index (χ1) is 47.3. The molecule has 0 saturated carbocycles. The second-order valence-electron chi connectivity index (χ2n) is 25.6. The number of nitrogens with zero attached hydrogens (tertiary/aromatic N) is 5. The smallest absolute Gasteiger partial charge is 2.00 e. The molecule has 0 aromatic carbocycles. The minimum atomic E-state index is -1.61. The third kappa shape index (κ3) is 33.3. The summed E-state index contributed by atoms with van der Waals surface area (Å²) in [4.78, 5) is 72.6. The molecule has 4 fully saturated rings. The third-order valence-corrected chi connectivity index (χ3v) is 17.8. The van der Waals surface area contributed by atoms with Crippen LogP contribution in [0.3, 0.4) is 0 Å². The van der Waals surface area contributed by atoms with E-state index in [1.54, 1.807) is 9.80 Å². The van der Waals surface area contributed by atoms with E-state index in [-0.39, 0.29) is 124 Å². The maximum atomic E-state index is 14.2. The van der Waals surface area contributed by atoms with Crippen LogP contribution >= 0.6 is 0 Å². The van der Waals surface area contributed by atoms with Crippen LogP contribution in [0.2, 0.25) is 0 Å². The zero-order chi connectivity index (χ0) is 73.1. The first-order valence-corrected chi connectivity index (χ1v) is 34.3. The second kappa shape index (κ2) is 51.8. The number of hydrogen-bond acceptors (Lipinski definition) is 32. The number of aliphatic hydroxyl groups is 16. The van der Waals surface area contributed by atoms with Gasteiger partial charge in [0, 0.05) is 78.8 Å². The first kappa shape index (κ1) is 94.6. The van der Waals surface area contributed by atoms with E-state index in [1.165, 1.54) is 14.7 Å². The molecule has 591 valence electrons. The van der Waals surface area contributed by atoms with E-state index in [1.807, 2.05) is 0 Å². The van der Waals surface area contributed by atoms with Gasteiger partial charge in [-0.15, -0.1) is 0 Å². The van der Waals surface area contributed by atoms with Crippen molar-refractivity contribution in [2.45, 2.75) is 226 Å². The molecule has 0 aliphatic carbocycles. The van der Waals surface area contributed by atoms with E-state index in [9.17, 15) is 121 Å². The predicted octanol–water partition coefficient (Wildman–Crippen LogP) is -7.81. The molecule has 4 heterocycles. The minimum Gasteiger partial charge on any atom is -2.00 e. The third-order valence-electron chi connectivity index (χ3n) is 17.8. The van der Waals surface area contributed by atoms with Crippen molar-refractivity contribution in [2.24, 2.45) is 0 Å². The van der Waals surface area contributed by atoms with E-state index in [0.29, 0.717) is 103 Å². The maximum absolute atomic E-state index is 14.2. The number of unbranched alkanes of at least 4 members (excludes halogenated alkanes) is 12. The number of ether oxygens (including phenoxy) is 8. The molecule has 2 amide bonds. The van der Waals surface area contributed by atoms with Crippen LogP contribution in [-0.4, -0.2) is 412 Å². The number of amides is 2. The fourth-order valence-corrected chi connectivity index (χ4v) is 11.8. The van der Waals surface area contributed by atoms with E-state index >= 15 is 0 Å². The van der Waals surface area contributed by atoms with Crippen molar-refractivity contribution in [3.8, 4) is 0 Å². The molecule has 1 radical (unpaired) electrons. The molecule has 0 bridgehead atoms. The summed E-state index contributed by atoms with van der Waals surface area (Å²) in [5.74, 6) is -4.71. The van der Waals surface area contributed by atoms with Crippen LogP contribution in [0.4, 0.5) is 0 Å². The summed E-state index contributed by atoms with van der Waals surface area (Å²) in [5.41, 5.74) is 0. The number of rotatable bonds is 52. The molecule has 38 nitrogen and oxygen atoms in total. The normalized spacial score (nSPS) is 29.9. The molecule has 4 aliphatic rings. The maximum Gasteiger partial charge on any atom is 3.00 e. The van der Waals surface area contributed by atoms with Gasteiger partial charge in [0.2, 0.25) is 11.8 Å². The molecule has 0 aromatic heterocycles. The van der Waals surface area contributed by atoms with Crippen molar-refractivity contribution in [3.63, 3.8) is 0 Å². The van der Waals surface area contributed by atoms with Crippen molar-refractivity contribution >= 4 is 29.7 Å². The Morgan fingerprint density at radius 3 is 0.703 bits per heavy atom. The molecule has 20 atom stereocenters. The number of carboxylic acids is 3. The Bertz CT molecular complexity index is 2020. The van der Waals surface area contributed by atoms with Crippen LogP contribution in [0.15, 0.2) is 0 Å². The molecule has 101 heavy (non-hydrogen) atoms. The van der Waals surface area contributed by atoms with Crippen LogP contribution in [0.5, 0.6) is 0 Å². The summed E-state index contributed by atoms with van der Waals surface area (Å²) < 4.78 is 44.0. The topological polar surface area (TPSA) is 588 Å². The zero-order valence-electron chi connectivity index (χ0n) is 57.0. The van der Waals surface area contributed by atoms with Gasteiger partial charge in [0.25, 0.3) is 0 Å². The average molecular weight is 1610 g/mol. The van der Waals surface area contributed by atoms with Gasteiger partial charge >= 0.3 is 57.8 Å². The monoisotopic (exact) mass is 1610 g/mol. The Morgan fingerprint density at radius 2 is 0.485 bits per heavy atom. The number of carbonyl (C=O) groups is 5. The average Bonchev–Trinajstić information content (AvgIpc) is 0.841. The summed E-state index contributed by atoms with van der Waals surface area (Å²) >= 11 is 0. The second-order valence-corrected chi connectivity index (χ2v) is 25.6. The number of aliphatic hydroxyl groups excluding tert-OH is 16. The van der Waals surface area contributed by atoms with Gasteiger partial charge in [-0.05, 0) is 51.4 Å². The fraction of sp³-hybridized carbons (Fsp3) is 0.919. The molecule has 4 saturated heterocycles. The van der Waals surface area contributed by atoms with Crippen molar-refractivity contribution in [3.05, 3.63) is 0 Å². The van der Waals surface area contributed by atoms with E-state index in [2.05, 4.69) is 0 Å².